The number of alkyl halides is 1. The van der Waals surface area contributed by atoms with Gasteiger partial charge in [0.05, 0.1) is 4.92 Å². The molecule has 218 valence electrons. The number of aromatic nitrogens is 1. The fourth-order valence-corrected chi connectivity index (χ4v) is 8.71. The summed E-state index contributed by atoms with van der Waals surface area (Å²) in [5.74, 6) is -1.27. The number of hydrogen-bond donors (Lipinski definition) is 2. The lowest BCUT2D eigenvalue weighted by atomic mass is 10.0. The van der Waals surface area contributed by atoms with Gasteiger partial charge in [0.25, 0.3) is 17.5 Å². The number of thioether (sulfide) groups is 1. The molecule has 2 aromatic rings. The number of amides is 2. The average Bonchev–Trinajstić information content (AvgIpc) is 3.38. The van der Waals surface area contributed by atoms with Crippen LogP contribution in [0, 0.1) is 10.1 Å². The molecule has 0 spiro atoms. The van der Waals surface area contributed by atoms with E-state index in [2.05, 4.69) is 62.7 Å². The molecule has 0 aliphatic carbocycles. The molecule has 2 aliphatic heterocycles. The van der Waals surface area contributed by atoms with Crippen molar-refractivity contribution in [1.29, 1.82) is 0 Å². The van der Waals surface area contributed by atoms with Crippen LogP contribution in [0.5, 0.6) is 0 Å². The molecule has 0 radical (unpaired) electrons. The molecular formula is C24H27IN6O7S2Si. The van der Waals surface area contributed by atoms with Gasteiger partial charge in [-0.15, -0.1) is 23.1 Å². The number of carbonyl (C=O) groups is 3. The molecule has 1 saturated heterocycles. The van der Waals surface area contributed by atoms with Gasteiger partial charge in [0.1, 0.15) is 44.8 Å². The van der Waals surface area contributed by atoms with Crippen molar-refractivity contribution in [2.45, 2.75) is 37.7 Å². The Hall–Kier alpha value is -3.03. The number of nitro groups is 1. The number of β-lactam (4-membered cyclic amide) rings is 1. The Morgan fingerprint density at radius 2 is 2.00 bits per heavy atom. The molecule has 1 aromatic heterocycles. The highest BCUT2D eigenvalue weighted by atomic mass is 127. The summed E-state index contributed by atoms with van der Waals surface area (Å²) < 4.78 is 5.98. The number of non-ortho nitro benzene ring substituents is 1. The third-order valence-corrected chi connectivity index (χ3v) is 10.0. The van der Waals surface area contributed by atoms with Gasteiger partial charge in [0.15, 0.2) is 10.8 Å². The number of thiazole rings is 1. The summed E-state index contributed by atoms with van der Waals surface area (Å²) in [6.45, 7) is 6.25. The van der Waals surface area contributed by atoms with Crippen LogP contribution in [-0.2, 0) is 30.6 Å². The zero-order valence-corrected chi connectivity index (χ0v) is 27.3. The number of hydrogen-bond acceptors (Lipinski definition) is 12. The number of esters is 1. The number of benzene rings is 1. The highest BCUT2D eigenvalue weighted by molar-refractivity contribution is 14.1. The molecule has 1 unspecified atom stereocenters. The molecule has 0 bridgehead atoms. The quantitative estimate of drug-likeness (QED) is 0.0511. The van der Waals surface area contributed by atoms with E-state index >= 15 is 0 Å². The number of halogens is 1. The topological polar surface area (TPSA) is 165 Å². The Morgan fingerprint density at radius 3 is 2.61 bits per heavy atom. The van der Waals surface area contributed by atoms with E-state index < -0.39 is 42.4 Å². The number of anilines is 1. The van der Waals surface area contributed by atoms with Crippen LogP contribution in [0.1, 0.15) is 11.3 Å². The highest BCUT2D eigenvalue weighted by Gasteiger charge is 2.54. The third-order valence-electron chi connectivity index (χ3n) is 5.83. The zero-order valence-electron chi connectivity index (χ0n) is 22.5. The largest absolute Gasteiger partial charge is 0.456 e. The number of ether oxygens (including phenoxy) is 1. The van der Waals surface area contributed by atoms with Crippen molar-refractivity contribution in [1.82, 2.24) is 15.2 Å². The zero-order chi connectivity index (χ0) is 29.9. The van der Waals surface area contributed by atoms with E-state index in [0.29, 0.717) is 26.6 Å². The second-order valence-corrected chi connectivity index (χ2v) is 17.5. The Kier molecular flexibility index (Phi) is 9.70. The van der Waals surface area contributed by atoms with E-state index in [9.17, 15) is 24.5 Å². The lowest BCUT2D eigenvalue weighted by Gasteiger charge is -2.49. The highest BCUT2D eigenvalue weighted by Crippen LogP contribution is 2.41. The van der Waals surface area contributed by atoms with Crippen molar-refractivity contribution < 1.29 is 28.9 Å². The number of nitrogens with one attached hydrogen (secondary N) is 2. The van der Waals surface area contributed by atoms with Gasteiger partial charge in [-0.05, 0) is 23.3 Å². The molecule has 4 rings (SSSR count). The first-order valence-electron chi connectivity index (χ1n) is 12.2. The van der Waals surface area contributed by atoms with Crippen LogP contribution < -0.4 is 10.3 Å². The van der Waals surface area contributed by atoms with Crippen LogP contribution >= 0.6 is 45.7 Å². The van der Waals surface area contributed by atoms with Gasteiger partial charge in [-0.1, -0.05) is 47.4 Å². The van der Waals surface area contributed by atoms with Crippen LogP contribution in [0.4, 0.5) is 10.8 Å². The Bertz CT molecular complexity index is 1430. The molecule has 2 N–H and O–H groups in total. The van der Waals surface area contributed by atoms with Gasteiger partial charge >= 0.3 is 5.97 Å². The molecule has 41 heavy (non-hydrogen) atoms. The Labute approximate surface area is 258 Å². The molecule has 2 aliphatic rings. The van der Waals surface area contributed by atoms with Crippen molar-refractivity contribution in [3.05, 3.63) is 62.3 Å². The molecule has 2 atom stereocenters. The van der Waals surface area contributed by atoms with E-state index in [1.807, 2.05) is 0 Å². The minimum Gasteiger partial charge on any atom is -0.456 e. The van der Waals surface area contributed by atoms with Crippen LogP contribution in [0.15, 0.2) is 46.1 Å². The summed E-state index contributed by atoms with van der Waals surface area (Å²) in [5, 5.41) is 19.3. The summed E-state index contributed by atoms with van der Waals surface area (Å²) in [5.41, 5.74) is 1.65. The molecule has 17 heteroatoms. The van der Waals surface area contributed by atoms with Crippen LogP contribution in [0.25, 0.3) is 0 Å². The smallest absolute Gasteiger partial charge is 0.355 e. The maximum atomic E-state index is 13.3. The van der Waals surface area contributed by atoms with Gasteiger partial charge in [0, 0.05) is 27.7 Å². The van der Waals surface area contributed by atoms with Crippen molar-refractivity contribution >= 4 is 88.2 Å². The monoisotopic (exact) mass is 730 g/mol. The fourth-order valence-electron chi connectivity index (χ4n) is 3.97. The molecule has 1 aromatic carbocycles. The van der Waals surface area contributed by atoms with Gasteiger partial charge in [-0.2, -0.15) is 0 Å². The average molecular weight is 731 g/mol. The van der Waals surface area contributed by atoms with Crippen molar-refractivity contribution in [3.8, 4) is 0 Å². The fraction of sp³-hybridized carbons (Fsp3) is 0.375. The van der Waals surface area contributed by atoms with E-state index in [1.54, 1.807) is 5.38 Å². The van der Waals surface area contributed by atoms with Gasteiger partial charge in [-0.25, -0.2) is 9.78 Å². The van der Waals surface area contributed by atoms with Crippen molar-refractivity contribution in [3.63, 3.8) is 0 Å². The second kappa shape index (κ2) is 12.9. The number of rotatable bonds is 11. The molecule has 3 heterocycles. The molecule has 2 amide bonds. The second-order valence-electron chi connectivity index (χ2n) is 9.98. The van der Waals surface area contributed by atoms with Gasteiger partial charge < -0.3 is 19.9 Å². The number of nitro benzene ring substituents is 1. The van der Waals surface area contributed by atoms with Crippen LogP contribution in [-0.4, -0.2) is 75.2 Å². The normalized spacial score (nSPS) is 18.8. The first-order valence-corrected chi connectivity index (χ1v) is 19.2. The van der Waals surface area contributed by atoms with E-state index in [4.69, 9.17) is 9.57 Å². The first-order chi connectivity index (χ1) is 19.4. The van der Waals surface area contributed by atoms with Gasteiger partial charge in [-0.3, -0.25) is 24.6 Å². The summed E-state index contributed by atoms with van der Waals surface area (Å²) >= 11 is 4.91. The van der Waals surface area contributed by atoms with Gasteiger partial charge in [0.2, 0.25) is 0 Å². The molecular weight excluding hydrogens is 703 g/mol. The maximum absolute atomic E-state index is 13.3. The van der Waals surface area contributed by atoms with E-state index in [1.165, 1.54) is 59.4 Å². The number of carbonyl (C=O) groups excluding carboxylic acids is 3. The lowest BCUT2D eigenvalue weighted by molar-refractivity contribution is -0.384. The molecule has 1 fully saturated rings. The van der Waals surface area contributed by atoms with Crippen LogP contribution in [0.2, 0.25) is 19.6 Å². The third kappa shape index (κ3) is 7.07. The number of nitrogens with zero attached hydrogens (tertiary/aromatic N) is 4. The number of oxime groups is 1. The van der Waals surface area contributed by atoms with E-state index in [0.717, 1.165) is 5.57 Å². The predicted molar refractivity (Wildman–Crippen MR) is 166 cm³/mol. The predicted octanol–water partition coefficient (Wildman–Crippen LogP) is 3.48. The summed E-state index contributed by atoms with van der Waals surface area (Å²) in [7, 11) is -0.349. The van der Waals surface area contributed by atoms with Crippen LogP contribution in [0.3, 0.4) is 0 Å². The standard InChI is InChI=1S/C24H27IN6O7S2Si/c1-37-28-17(16-12-40-24(26-16)29-41(2,3)4)20(32)27-18-21(33)30-19(14(9-25)11-39-22(18)30)23(34)38-10-13-5-7-15(8-6-13)31(35)36/h5-8,12,18,22H,9-11H2,1-4H3,(H,26,29)(H,27,32)/t18?,22-/m0/s1. The maximum Gasteiger partial charge on any atom is 0.355 e. The first kappa shape index (κ1) is 30.9. The Balaban J connectivity index is 1.45. The summed E-state index contributed by atoms with van der Waals surface area (Å²) in [6, 6.07) is 4.78. The van der Waals surface area contributed by atoms with Crippen molar-refractivity contribution in [2.24, 2.45) is 5.16 Å². The minimum atomic E-state index is -1.67. The summed E-state index contributed by atoms with van der Waals surface area (Å²) in [6.07, 6.45) is 0. The molecule has 0 saturated carbocycles. The SMILES string of the molecule is CON=C(C(=O)NC1C(=O)N2C(C(=O)OCc3ccc([N+](=O)[O-])cc3)=C(CI)CS[C@@H]12)c1csc(N[Si](C)(C)C)n1. The lowest BCUT2D eigenvalue weighted by Crippen LogP contribution is -2.71. The Morgan fingerprint density at radius 1 is 1.29 bits per heavy atom. The summed E-state index contributed by atoms with van der Waals surface area (Å²) in [4.78, 5) is 64.1. The molecule has 13 nitrogen and oxygen atoms in total. The minimum absolute atomic E-state index is 0.0642. The van der Waals surface area contributed by atoms with Crippen molar-refractivity contribution in [2.75, 3.05) is 22.3 Å². The number of fused-ring (bicyclic) bond motifs is 1. The van der Waals surface area contributed by atoms with E-state index in [-0.39, 0.29) is 23.7 Å².